The first-order chi connectivity index (χ1) is 18.4. The molecule has 3 heteroatoms. The van der Waals surface area contributed by atoms with Crippen molar-refractivity contribution in [3.8, 4) is 5.82 Å². The van der Waals surface area contributed by atoms with Crippen LogP contribution in [0.4, 0.5) is 0 Å². The van der Waals surface area contributed by atoms with E-state index in [1.807, 2.05) is 12.1 Å². The summed E-state index contributed by atoms with van der Waals surface area (Å²) in [6.45, 7) is 0. The number of fused-ring (bicyclic) bond motifs is 8. The lowest BCUT2D eigenvalue weighted by Crippen LogP contribution is -2.06. The van der Waals surface area contributed by atoms with Gasteiger partial charge >= 0.3 is 0 Å². The molecule has 0 fully saturated rings. The Morgan fingerprint density at radius 1 is 0.595 bits per heavy atom. The van der Waals surface area contributed by atoms with E-state index in [2.05, 4.69) is 108 Å². The van der Waals surface area contributed by atoms with Crippen LogP contribution in [-0.2, 0) is 0 Å². The van der Waals surface area contributed by atoms with Crippen LogP contribution in [0, 0.1) is 0 Å². The van der Waals surface area contributed by atoms with Gasteiger partial charge in [0.2, 0.25) is 0 Å². The smallest absolute Gasteiger partial charge is 0.164 e. The largest absolute Gasteiger partial charge is 0.292 e. The quantitative estimate of drug-likeness (QED) is 0.251. The minimum absolute atomic E-state index is 0.894. The van der Waals surface area contributed by atoms with Crippen molar-refractivity contribution < 1.29 is 0 Å². The first-order valence-electron chi connectivity index (χ1n) is 12.8. The van der Waals surface area contributed by atoms with Crippen LogP contribution < -0.4 is 0 Å². The van der Waals surface area contributed by atoms with Gasteiger partial charge in [-0.3, -0.25) is 4.57 Å². The Labute approximate surface area is 214 Å². The van der Waals surface area contributed by atoms with E-state index in [0.29, 0.717) is 0 Å². The molecule has 1 aliphatic carbocycles. The van der Waals surface area contributed by atoms with Crippen molar-refractivity contribution >= 4 is 60.0 Å². The Morgan fingerprint density at radius 3 is 1.81 bits per heavy atom. The van der Waals surface area contributed by atoms with E-state index in [0.717, 1.165) is 46.4 Å². The zero-order valence-electron chi connectivity index (χ0n) is 20.2. The number of allylic oxidation sites excluding steroid dienone is 4. The standard InChI is InChI=1S/C34H23N3/c1-2-12-24(13-3-1)33-34(36-28-17-9-8-16-27(28)35-33)37-29-20-18-22-10-4-6-14-25(22)31(29)32-26-15-7-5-11-23(26)19-21-30(32)37/h1-2,4-12,14-21H,3,13H2. The highest BCUT2D eigenvalue weighted by molar-refractivity contribution is 6.28. The van der Waals surface area contributed by atoms with E-state index < -0.39 is 0 Å². The van der Waals surface area contributed by atoms with Crippen molar-refractivity contribution in [2.24, 2.45) is 0 Å². The lowest BCUT2D eigenvalue weighted by molar-refractivity contribution is 1.01. The van der Waals surface area contributed by atoms with Gasteiger partial charge in [-0.1, -0.05) is 91.0 Å². The highest BCUT2D eigenvalue weighted by atomic mass is 15.1. The zero-order valence-corrected chi connectivity index (χ0v) is 20.2. The topological polar surface area (TPSA) is 30.7 Å². The fourth-order valence-electron chi connectivity index (χ4n) is 5.94. The Kier molecular flexibility index (Phi) is 4.35. The van der Waals surface area contributed by atoms with Crippen molar-refractivity contribution in [1.29, 1.82) is 0 Å². The van der Waals surface area contributed by atoms with Crippen molar-refractivity contribution in [3.05, 3.63) is 121 Å². The molecule has 0 unspecified atom stereocenters. The molecule has 1 aliphatic rings. The third-order valence-corrected chi connectivity index (χ3v) is 7.63. The first kappa shape index (κ1) is 20.4. The van der Waals surface area contributed by atoms with E-state index in [4.69, 9.17) is 9.97 Å². The minimum Gasteiger partial charge on any atom is -0.292 e. The first-order valence-corrected chi connectivity index (χ1v) is 12.8. The molecule has 37 heavy (non-hydrogen) atoms. The molecule has 3 nitrogen and oxygen atoms in total. The molecule has 0 spiro atoms. The Hall–Kier alpha value is -4.76. The normalized spacial score (nSPS) is 13.8. The summed E-state index contributed by atoms with van der Waals surface area (Å²) in [6, 6.07) is 34.5. The van der Waals surface area contributed by atoms with Crippen molar-refractivity contribution in [1.82, 2.24) is 14.5 Å². The highest BCUT2D eigenvalue weighted by Crippen LogP contribution is 2.41. The molecular formula is C34H23N3. The molecular weight excluding hydrogens is 450 g/mol. The summed E-state index contributed by atoms with van der Waals surface area (Å²) in [6.07, 6.45) is 8.54. The van der Waals surface area contributed by atoms with Crippen LogP contribution in [0.3, 0.4) is 0 Å². The van der Waals surface area contributed by atoms with Crippen LogP contribution in [0.25, 0.3) is 65.8 Å². The third-order valence-electron chi connectivity index (χ3n) is 7.63. The summed E-state index contributed by atoms with van der Waals surface area (Å²) in [7, 11) is 0. The predicted octanol–water partition coefficient (Wildman–Crippen LogP) is 8.77. The maximum Gasteiger partial charge on any atom is 0.164 e. The van der Waals surface area contributed by atoms with Gasteiger partial charge in [-0.2, -0.15) is 0 Å². The van der Waals surface area contributed by atoms with Gasteiger partial charge in [0.15, 0.2) is 5.82 Å². The Bertz CT molecular complexity index is 2000. The van der Waals surface area contributed by atoms with Gasteiger partial charge < -0.3 is 0 Å². The number of nitrogens with zero attached hydrogens (tertiary/aromatic N) is 3. The van der Waals surface area contributed by atoms with Crippen LogP contribution in [0.1, 0.15) is 18.5 Å². The van der Waals surface area contributed by atoms with E-state index >= 15 is 0 Å². The number of hydrogen-bond acceptors (Lipinski definition) is 2. The van der Waals surface area contributed by atoms with Gasteiger partial charge in [-0.25, -0.2) is 9.97 Å². The third kappa shape index (κ3) is 3.01. The van der Waals surface area contributed by atoms with Crippen LogP contribution in [0.2, 0.25) is 0 Å². The van der Waals surface area contributed by atoms with E-state index in [-0.39, 0.29) is 0 Å². The van der Waals surface area contributed by atoms with Gasteiger partial charge in [0.1, 0.15) is 5.69 Å². The van der Waals surface area contributed by atoms with Crippen molar-refractivity contribution in [2.75, 3.05) is 0 Å². The highest BCUT2D eigenvalue weighted by Gasteiger charge is 2.22. The molecule has 0 radical (unpaired) electrons. The molecule has 7 aromatic rings. The van der Waals surface area contributed by atoms with Crippen LogP contribution in [0.15, 0.2) is 115 Å². The molecule has 174 valence electrons. The molecule has 5 aromatic carbocycles. The molecule has 0 bridgehead atoms. The number of hydrogen-bond donors (Lipinski definition) is 0. The van der Waals surface area contributed by atoms with Gasteiger partial charge in [-0.05, 0) is 64.2 Å². The summed E-state index contributed by atoms with van der Waals surface area (Å²) < 4.78 is 2.34. The fourth-order valence-corrected chi connectivity index (χ4v) is 5.94. The Balaban J connectivity index is 1.61. The molecule has 8 rings (SSSR count). The summed E-state index contributed by atoms with van der Waals surface area (Å²) in [5.41, 5.74) is 6.33. The van der Waals surface area contributed by atoms with E-state index in [1.165, 1.54) is 37.9 Å². The second kappa shape index (κ2) is 7.87. The van der Waals surface area contributed by atoms with Crippen LogP contribution in [-0.4, -0.2) is 14.5 Å². The molecule has 0 aliphatic heterocycles. The molecule has 0 amide bonds. The maximum atomic E-state index is 5.29. The lowest BCUT2D eigenvalue weighted by atomic mass is 10.00. The monoisotopic (exact) mass is 473 g/mol. The van der Waals surface area contributed by atoms with E-state index in [1.54, 1.807) is 0 Å². The Morgan fingerprint density at radius 2 is 1.19 bits per heavy atom. The zero-order chi connectivity index (χ0) is 24.3. The lowest BCUT2D eigenvalue weighted by Gasteiger charge is -2.16. The second-order valence-corrected chi connectivity index (χ2v) is 9.74. The number of para-hydroxylation sites is 2. The van der Waals surface area contributed by atoms with E-state index in [9.17, 15) is 0 Å². The van der Waals surface area contributed by atoms with Crippen LogP contribution >= 0.6 is 0 Å². The second-order valence-electron chi connectivity index (χ2n) is 9.74. The van der Waals surface area contributed by atoms with Gasteiger partial charge in [0, 0.05) is 10.8 Å². The fraction of sp³-hybridized carbons (Fsp3) is 0.0588. The average Bonchev–Trinajstić information content (AvgIpc) is 3.32. The predicted molar refractivity (Wildman–Crippen MR) is 155 cm³/mol. The summed E-state index contributed by atoms with van der Waals surface area (Å²) in [5.74, 6) is 0.894. The molecule has 0 atom stereocenters. The number of rotatable bonds is 2. The summed E-state index contributed by atoms with van der Waals surface area (Å²) in [4.78, 5) is 10.5. The van der Waals surface area contributed by atoms with Gasteiger partial charge in [-0.15, -0.1) is 0 Å². The van der Waals surface area contributed by atoms with Gasteiger partial charge in [0.05, 0.1) is 22.1 Å². The summed E-state index contributed by atoms with van der Waals surface area (Å²) in [5, 5.41) is 7.54. The summed E-state index contributed by atoms with van der Waals surface area (Å²) >= 11 is 0. The molecule has 2 heterocycles. The maximum absolute atomic E-state index is 5.29. The number of aromatic nitrogens is 3. The minimum atomic E-state index is 0.894. The average molecular weight is 474 g/mol. The van der Waals surface area contributed by atoms with Gasteiger partial charge in [0.25, 0.3) is 0 Å². The SMILES string of the molecule is C1=CCCC(c2nc3ccccc3nc2-n2c3ccc4ccccc4c3c3c4ccccc4ccc32)=C1. The number of benzene rings is 5. The molecule has 2 aromatic heterocycles. The van der Waals surface area contributed by atoms with Crippen LogP contribution in [0.5, 0.6) is 0 Å². The van der Waals surface area contributed by atoms with Crippen molar-refractivity contribution in [3.63, 3.8) is 0 Å². The molecule has 0 saturated heterocycles. The molecule has 0 N–H and O–H groups in total. The molecule has 0 saturated carbocycles. The van der Waals surface area contributed by atoms with Crippen molar-refractivity contribution in [2.45, 2.75) is 12.8 Å².